The molecule has 0 atom stereocenters. The van der Waals surface area contributed by atoms with E-state index in [-0.39, 0.29) is 5.91 Å². The highest BCUT2D eigenvalue weighted by Gasteiger charge is 2.53. The summed E-state index contributed by atoms with van der Waals surface area (Å²) in [4.78, 5) is 12.8. The quantitative estimate of drug-likeness (QED) is 0.738. The van der Waals surface area contributed by atoms with Crippen molar-refractivity contribution in [3.63, 3.8) is 0 Å². The number of nitrogens with one attached hydrogen (secondary N) is 1. The Balaban J connectivity index is 1.49. The van der Waals surface area contributed by atoms with Crippen molar-refractivity contribution >= 4 is 5.91 Å². The Kier molecular flexibility index (Phi) is 4.21. The third-order valence-corrected chi connectivity index (χ3v) is 4.88. The van der Waals surface area contributed by atoms with Crippen molar-refractivity contribution in [2.75, 3.05) is 7.11 Å². The van der Waals surface area contributed by atoms with Crippen LogP contribution in [0.1, 0.15) is 24.1 Å². The number of hydrogen-bond donors (Lipinski definition) is 1. The van der Waals surface area contributed by atoms with Gasteiger partial charge in [-0.3, -0.25) is 4.79 Å². The molecule has 1 aromatic heterocycles. The van der Waals surface area contributed by atoms with Gasteiger partial charge in [0.25, 0.3) is 0 Å². The predicted molar refractivity (Wildman–Crippen MR) is 97.7 cm³/mol. The molecule has 0 unspecified atom stereocenters. The number of hydrogen-bond acceptors (Lipinski definition) is 4. The van der Waals surface area contributed by atoms with Crippen molar-refractivity contribution in [2.45, 2.75) is 24.8 Å². The highest BCUT2D eigenvalue weighted by atomic mass is 16.5. The van der Waals surface area contributed by atoms with E-state index in [1.807, 2.05) is 60.7 Å². The molecule has 132 valence electrons. The summed E-state index contributed by atoms with van der Waals surface area (Å²) in [7, 11) is 1.63. The van der Waals surface area contributed by atoms with Crippen LogP contribution in [0.4, 0.5) is 0 Å². The number of amides is 1. The van der Waals surface area contributed by atoms with Gasteiger partial charge in [0.15, 0.2) is 5.76 Å². The fraction of sp³-hybridized carbons (Fsp3) is 0.238. The van der Waals surface area contributed by atoms with Gasteiger partial charge in [-0.1, -0.05) is 53.7 Å². The first-order chi connectivity index (χ1) is 12.7. The van der Waals surface area contributed by atoms with Crippen LogP contribution in [0, 0.1) is 0 Å². The first kappa shape index (κ1) is 16.4. The van der Waals surface area contributed by atoms with Crippen molar-refractivity contribution in [3.8, 4) is 17.1 Å². The van der Waals surface area contributed by atoms with Crippen molar-refractivity contribution in [3.05, 3.63) is 71.9 Å². The largest absolute Gasteiger partial charge is 0.496 e. The van der Waals surface area contributed by atoms with Crippen LogP contribution < -0.4 is 10.1 Å². The van der Waals surface area contributed by atoms with Gasteiger partial charge in [0, 0.05) is 23.7 Å². The minimum absolute atomic E-state index is 0.0173. The normalized spacial score (nSPS) is 14.7. The Labute approximate surface area is 152 Å². The molecule has 1 heterocycles. The van der Waals surface area contributed by atoms with Crippen LogP contribution in [-0.4, -0.2) is 18.2 Å². The lowest BCUT2D eigenvalue weighted by atomic mass is 10.00. The molecule has 26 heavy (non-hydrogen) atoms. The Morgan fingerprint density at radius 1 is 1.15 bits per heavy atom. The van der Waals surface area contributed by atoms with Gasteiger partial charge in [-0.15, -0.1) is 0 Å². The number of rotatable bonds is 6. The topological polar surface area (TPSA) is 64.4 Å². The fourth-order valence-electron chi connectivity index (χ4n) is 3.16. The zero-order valence-electron chi connectivity index (χ0n) is 14.6. The lowest BCUT2D eigenvalue weighted by Gasteiger charge is -2.14. The summed E-state index contributed by atoms with van der Waals surface area (Å²) in [6.45, 7) is 0.425. The molecule has 0 spiro atoms. The van der Waals surface area contributed by atoms with Crippen LogP contribution in [0.15, 0.2) is 65.2 Å². The smallest absolute Gasteiger partial charge is 0.232 e. The van der Waals surface area contributed by atoms with E-state index in [0.29, 0.717) is 18.0 Å². The summed E-state index contributed by atoms with van der Waals surface area (Å²) in [5.74, 6) is 1.44. The second kappa shape index (κ2) is 6.67. The maximum Gasteiger partial charge on any atom is 0.232 e. The Morgan fingerprint density at radius 3 is 2.62 bits per heavy atom. The SMILES string of the molecule is COc1ccccc1CNC(=O)C1(c2cc(-c3ccccc3)on2)CC1. The number of methoxy groups -OCH3 is 1. The van der Waals surface area contributed by atoms with Crippen molar-refractivity contribution in [1.82, 2.24) is 10.5 Å². The van der Waals surface area contributed by atoms with Crippen molar-refractivity contribution in [2.24, 2.45) is 0 Å². The predicted octanol–water partition coefficient (Wildman–Crippen LogP) is 3.70. The van der Waals surface area contributed by atoms with Gasteiger partial charge < -0.3 is 14.6 Å². The number of carbonyl (C=O) groups excluding carboxylic acids is 1. The highest BCUT2D eigenvalue weighted by molar-refractivity contribution is 5.91. The number of para-hydroxylation sites is 1. The average molecular weight is 348 g/mol. The number of benzene rings is 2. The standard InChI is InChI=1S/C21H20N2O3/c1-25-17-10-6-5-9-16(17)14-22-20(24)21(11-12-21)19-13-18(26-23-19)15-7-3-2-4-8-15/h2-10,13H,11-12,14H2,1H3,(H,22,24). The van der Waals surface area contributed by atoms with Crippen LogP contribution >= 0.6 is 0 Å². The molecule has 0 saturated heterocycles. The van der Waals surface area contributed by atoms with Gasteiger partial charge in [-0.25, -0.2) is 0 Å². The summed E-state index contributed by atoms with van der Waals surface area (Å²) >= 11 is 0. The van der Waals surface area contributed by atoms with Gasteiger partial charge in [0.1, 0.15) is 5.75 Å². The average Bonchev–Trinajstić information content (AvgIpc) is 3.36. The van der Waals surface area contributed by atoms with Crippen LogP contribution in [0.25, 0.3) is 11.3 Å². The molecule has 1 N–H and O–H groups in total. The molecule has 3 aromatic rings. The van der Waals surface area contributed by atoms with Gasteiger partial charge in [-0.2, -0.15) is 0 Å². The summed E-state index contributed by atoms with van der Waals surface area (Å²) < 4.78 is 10.8. The summed E-state index contributed by atoms with van der Waals surface area (Å²) in [5.41, 5.74) is 2.04. The number of aromatic nitrogens is 1. The van der Waals surface area contributed by atoms with E-state index in [1.165, 1.54) is 0 Å². The van der Waals surface area contributed by atoms with Crippen molar-refractivity contribution in [1.29, 1.82) is 0 Å². The Morgan fingerprint density at radius 2 is 1.88 bits per heavy atom. The zero-order chi connectivity index (χ0) is 18.0. The summed E-state index contributed by atoms with van der Waals surface area (Å²) in [6, 6.07) is 19.3. The first-order valence-corrected chi connectivity index (χ1v) is 8.66. The molecule has 1 fully saturated rings. The minimum atomic E-state index is -0.571. The van der Waals surface area contributed by atoms with Crippen molar-refractivity contribution < 1.29 is 14.1 Å². The molecule has 1 aliphatic rings. The van der Waals surface area contributed by atoms with Gasteiger partial charge in [0.05, 0.1) is 18.2 Å². The van der Waals surface area contributed by atoms with E-state index in [1.54, 1.807) is 7.11 Å². The summed E-state index contributed by atoms with van der Waals surface area (Å²) in [5, 5.41) is 7.20. The third-order valence-electron chi connectivity index (χ3n) is 4.88. The number of nitrogens with zero attached hydrogens (tertiary/aromatic N) is 1. The van der Waals surface area contributed by atoms with Crippen LogP contribution in [0.5, 0.6) is 5.75 Å². The molecule has 1 saturated carbocycles. The molecule has 4 rings (SSSR count). The molecular formula is C21H20N2O3. The zero-order valence-corrected chi connectivity index (χ0v) is 14.6. The maximum atomic E-state index is 12.8. The lowest BCUT2D eigenvalue weighted by molar-refractivity contribution is -0.123. The second-order valence-corrected chi connectivity index (χ2v) is 6.52. The molecule has 5 nitrogen and oxygen atoms in total. The first-order valence-electron chi connectivity index (χ1n) is 8.66. The number of ether oxygens (including phenoxy) is 1. The van der Waals surface area contributed by atoms with Crippen LogP contribution in [-0.2, 0) is 16.8 Å². The van der Waals surface area contributed by atoms with E-state index in [0.717, 1.165) is 29.7 Å². The molecular weight excluding hydrogens is 328 g/mol. The second-order valence-electron chi connectivity index (χ2n) is 6.52. The van der Waals surface area contributed by atoms with E-state index >= 15 is 0 Å². The molecule has 5 heteroatoms. The van der Waals surface area contributed by atoms with Gasteiger partial charge in [-0.05, 0) is 18.9 Å². The van der Waals surface area contributed by atoms with E-state index in [4.69, 9.17) is 9.26 Å². The molecule has 0 bridgehead atoms. The van der Waals surface area contributed by atoms with E-state index in [2.05, 4.69) is 10.5 Å². The maximum absolute atomic E-state index is 12.8. The Bertz CT molecular complexity index is 914. The molecule has 0 aliphatic heterocycles. The summed E-state index contributed by atoms with van der Waals surface area (Å²) in [6.07, 6.45) is 1.57. The van der Waals surface area contributed by atoms with Crippen LogP contribution in [0.2, 0.25) is 0 Å². The molecule has 0 radical (unpaired) electrons. The minimum Gasteiger partial charge on any atom is -0.496 e. The van der Waals surface area contributed by atoms with E-state index < -0.39 is 5.41 Å². The molecule has 1 aliphatic carbocycles. The van der Waals surface area contributed by atoms with E-state index in [9.17, 15) is 4.79 Å². The lowest BCUT2D eigenvalue weighted by Crippen LogP contribution is -2.34. The van der Waals surface area contributed by atoms with Crippen LogP contribution in [0.3, 0.4) is 0 Å². The molecule has 1 amide bonds. The number of carbonyl (C=O) groups is 1. The van der Waals surface area contributed by atoms with Gasteiger partial charge >= 0.3 is 0 Å². The third kappa shape index (κ3) is 2.96. The highest BCUT2D eigenvalue weighted by Crippen LogP contribution is 2.48. The molecule has 2 aromatic carbocycles. The Hall–Kier alpha value is -3.08. The van der Waals surface area contributed by atoms with Gasteiger partial charge in [0.2, 0.25) is 5.91 Å². The fourth-order valence-corrected chi connectivity index (χ4v) is 3.16. The monoisotopic (exact) mass is 348 g/mol.